The highest BCUT2D eigenvalue weighted by Crippen LogP contribution is 2.22. The number of piperidine rings is 1. The molecule has 1 aliphatic heterocycles. The Balaban J connectivity index is 1.96. The third-order valence-corrected chi connectivity index (χ3v) is 3.46. The number of nitrogens with zero attached hydrogens (tertiary/aromatic N) is 2. The fraction of sp³-hybridized carbons (Fsp3) is 0.538. The lowest BCUT2D eigenvalue weighted by atomic mass is 9.98. The second kappa shape index (κ2) is 5.97. The molecule has 1 aromatic carbocycles. The predicted molar refractivity (Wildman–Crippen MR) is 71.8 cm³/mol. The van der Waals surface area contributed by atoms with Crippen LogP contribution in [-0.2, 0) is 0 Å². The van der Waals surface area contributed by atoms with Gasteiger partial charge in [0.2, 0.25) is 5.82 Å². The third-order valence-electron chi connectivity index (χ3n) is 3.46. The summed E-state index contributed by atoms with van der Waals surface area (Å²) in [7, 11) is 2.09. The average molecular weight is 267 g/mol. The van der Waals surface area contributed by atoms with Crippen molar-refractivity contribution in [1.29, 1.82) is 0 Å². The van der Waals surface area contributed by atoms with Gasteiger partial charge >= 0.3 is 5.69 Å². The molecule has 1 N–H and O–H groups in total. The first-order valence-electron chi connectivity index (χ1n) is 6.42. The van der Waals surface area contributed by atoms with Gasteiger partial charge in [-0.25, -0.2) is 0 Å². The molecule has 1 atom stereocenters. The number of nitro groups is 1. The zero-order chi connectivity index (χ0) is 13.8. The fourth-order valence-electron chi connectivity index (χ4n) is 2.46. The highest BCUT2D eigenvalue weighted by molar-refractivity contribution is 5.51. The minimum absolute atomic E-state index is 0.481. The molecular formula is C13H18FN3O2. The highest BCUT2D eigenvalue weighted by atomic mass is 19.1. The lowest BCUT2D eigenvalue weighted by Crippen LogP contribution is -2.35. The number of halogens is 1. The van der Waals surface area contributed by atoms with Crippen LogP contribution >= 0.6 is 0 Å². The molecule has 2 rings (SSSR count). The summed E-state index contributed by atoms with van der Waals surface area (Å²) in [6.07, 6.45) is 2.33. The zero-order valence-electron chi connectivity index (χ0n) is 10.9. The topological polar surface area (TPSA) is 58.4 Å². The van der Waals surface area contributed by atoms with Crippen molar-refractivity contribution in [2.24, 2.45) is 5.92 Å². The number of nitro benzene ring substituents is 1. The lowest BCUT2D eigenvalue weighted by molar-refractivity contribution is -0.387. The van der Waals surface area contributed by atoms with Gasteiger partial charge < -0.3 is 10.2 Å². The number of benzene rings is 1. The average Bonchev–Trinajstić information content (AvgIpc) is 2.37. The summed E-state index contributed by atoms with van der Waals surface area (Å²) >= 11 is 0. The van der Waals surface area contributed by atoms with Gasteiger partial charge in [-0.05, 0) is 44.5 Å². The molecule has 6 heteroatoms. The van der Waals surface area contributed by atoms with Crippen molar-refractivity contribution in [2.75, 3.05) is 32.0 Å². The standard InChI is InChI=1S/C13H18FN3O2/c1-16-6-2-3-10(9-16)8-15-11-4-5-12(14)13(7-11)17(18)19/h4-5,7,10,15H,2-3,6,8-9H2,1H3. The lowest BCUT2D eigenvalue weighted by Gasteiger charge is -2.29. The largest absolute Gasteiger partial charge is 0.385 e. The predicted octanol–water partition coefficient (Wildman–Crippen LogP) is 2.49. The third kappa shape index (κ3) is 3.64. The van der Waals surface area contributed by atoms with E-state index in [-0.39, 0.29) is 0 Å². The number of nitrogens with one attached hydrogen (secondary N) is 1. The number of anilines is 1. The number of likely N-dealkylation sites (tertiary alicyclic amines) is 1. The van der Waals surface area contributed by atoms with Crippen LogP contribution in [0.25, 0.3) is 0 Å². The van der Waals surface area contributed by atoms with Crippen LogP contribution in [0, 0.1) is 21.8 Å². The van der Waals surface area contributed by atoms with Gasteiger partial charge in [-0.1, -0.05) is 0 Å². The Morgan fingerprint density at radius 3 is 3.05 bits per heavy atom. The molecule has 1 aliphatic rings. The van der Waals surface area contributed by atoms with Crippen LogP contribution in [-0.4, -0.2) is 36.5 Å². The van der Waals surface area contributed by atoms with Crippen LogP contribution in [0.4, 0.5) is 15.8 Å². The van der Waals surface area contributed by atoms with E-state index >= 15 is 0 Å². The van der Waals surface area contributed by atoms with Crippen LogP contribution in [0.15, 0.2) is 18.2 Å². The molecule has 0 spiro atoms. The summed E-state index contributed by atoms with van der Waals surface area (Å²) in [5.41, 5.74) is 0.118. The Hall–Kier alpha value is -1.69. The quantitative estimate of drug-likeness (QED) is 0.672. The normalized spacial score (nSPS) is 20.2. The van der Waals surface area contributed by atoms with Crippen molar-refractivity contribution in [3.05, 3.63) is 34.1 Å². The molecule has 0 aliphatic carbocycles. The molecule has 1 aromatic rings. The first kappa shape index (κ1) is 13.7. The van der Waals surface area contributed by atoms with Gasteiger partial charge in [0.1, 0.15) is 0 Å². The molecule has 1 fully saturated rings. The van der Waals surface area contributed by atoms with Crippen LogP contribution in [0.1, 0.15) is 12.8 Å². The van der Waals surface area contributed by atoms with Crippen molar-refractivity contribution in [3.8, 4) is 0 Å². The van der Waals surface area contributed by atoms with Crippen LogP contribution in [0.3, 0.4) is 0 Å². The Labute approximate surface area is 111 Å². The minimum Gasteiger partial charge on any atom is -0.385 e. The molecule has 5 nitrogen and oxygen atoms in total. The molecule has 104 valence electrons. The molecule has 1 heterocycles. The Morgan fingerprint density at radius 2 is 2.37 bits per heavy atom. The maximum Gasteiger partial charge on any atom is 0.306 e. The second-order valence-electron chi connectivity index (χ2n) is 5.07. The van der Waals surface area contributed by atoms with Crippen molar-refractivity contribution in [3.63, 3.8) is 0 Å². The van der Waals surface area contributed by atoms with Gasteiger partial charge in [0.25, 0.3) is 0 Å². The van der Waals surface area contributed by atoms with Gasteiger partial charge in [0.15, 0.2) is 0 Å². The van der Waals surface area contributed by atoms with Crippen LogP contribution in [0.5, 0.6) is 0 Å². The van der Waals surface area contributed by atoms with E-state index in [2.05, 4.69) is 17.3 Å². The Morgan fingerprint density at radius 1 is 1.58 bits per heavy atom. The van der Waals surface area contributed by atoms with E-state index < -0.39 is 16.4 Å². The van der Waals surface area contributed by atoms with Gasteiger partial charge in [-0.3, -0.25) is 10.1 Å². The van der Waals surface area contributed by atoms with Gasteiger partial charge in [-0.2, -0.15) is 4.39 Å². The number of hydrogen-bond donors (Lipinski definition) is 1. The maximum absolute atomic E-state index is 13.2. The molecule has 0 aromatic heterocycles. The number of hydrogen-bond acceptors (Lipinski definition) is 4. The molecule has 0 amide bonds. The summed E-state index contributed by atoms with van der Waals surface area (Å²) in [6.45, 7) is 2.90. The first-order valence-corrected chi connectivity index (χ1v) is 6.42. The van der Waals surface area contributed by atoms with Crippen LogP contribution in [0.2, 0.25) is 0 Å². The van der Waals surface area contributed by atoms with Crippen molar-refractivity contribution >= 4 is 11.4 Å². The van der Waals surface area contributed by atoms with E-state index in [0.29, 0.717) is 11.6 Å². The van der Waals surface area contributed by atoms with Gasteiger partial charge in [0, 0.05) is 24.8 Å². The second-order valence-corrected chi connectivity index (χ2v) is 5.07. The van der Waals surface area contributed by atoms with Gasteiger partial charge in [0.05, 0.1) is 4.92 Å². The molecule has 0 saturated carbocycles. The molecular weight excluding hydrogens is 249 g/mol. The maximum atomic E-state index is 13.2. The summed E-state index contributed by atoms with van der Waals surface area (Å²) in [5.74, 6) is -0.268. The zero-order valence-corrected chi connectivity index (χ0v) is 10.9. The van der Waals surface area contributed by atoms with Crippen LogP contribution < -0.4 is 5.32 Å². The van der Waals surface area contributed by atoms with Crippen molar-refractivity contribution in [1.82, 2.24) is 4.90 Å². The molecule has 1 unspecified atom stereocenters. The van der Waals surface area contributed by atoms with E-state index in [1.807, 2.05) is 0 Å². The summed E-state index contributed by atoms with van der Waals surface area (Å²) in [6, 6.07) is 3.92. The van der Waals surface area contributed by atoms with Crippen molar-refractivity contribution < 1.29 is 9.31 Å². The molecule has 0 radical (unpaired) electrons. The van der Waals surface area contributed by atoms with E-state index in [0.717, 1.165) is 32.1 Å². The molecule has 19 heavy (non-hydrogen) atoms. The van der Waals surface area contributed by atoms with Gasteiger partial charge in [-0.15, -0.1) is 0 Å². The monoisotopic (exact) mass is 267 g/mol. The highest BCUT2D eigenvalue weighted by Gasteiger charge is 2.18. The van der Waals surface area contributed by atoms with E-state index in [1.54, 1.807) is 0 Å². The Bertz CT molecular complexity index is 467. The smallest absolute Gasteiger partial charge is 0.306 e. The molecule has 0 bridgehead atoms. The number of rotatable bonds is 4. The minimum atomic E-state index is -0.798. The Kier molecular flexibility index (Phi) is 4.31. The van der Waals surface area contributed by atoms with E-state index in [1.165, 1.54) is 18.6 Å². The SMILES string of the molecule is CN1CCCC(CNc2ccc(F)c([N+](=O)[O-])c2)C1. The van der Waals surface area contributed by atoms with Crippen molar-refractivity contribution in [2.45, 2.75) is 12.8 Å². The van der Waals surface area contributed by atoms with E-state index in [9.17, 15) is 14.5 Å². The summed E-state index contributed by atoms with van der Waals surface area (Å²) < 4.78 is 13.2. The fourth-order valence-corrected chi connectivity index (χ4v) is 2.46. The molecule has 1 saturated heterocycles. The van der Waals surface area contributed by atoms with E-state index in [4.69, 9.17) is 0 Å². The summed E-state index contributed by atoms with van der Waals surface area (Å²) in [4.78, 5) is 12.2. The first-order chi connectivity index (χ1) is 9.06. The summed E-state index contributed by atoms with van der Waals surface area (Å²) in [5, 5.41) is 13.8.